The summed E-state index contributed by atoms with van der Waals surface area (Å²) in [7, 11) is 1.37. The molecule has 2 aliphatic heterocycles. The van der Waals surface area contributed by atoms with E-state index in [9.17, 15) is 24.6 Å². The highest BCUT2D eigenvalue weighted by atomic mass is 16.8. The molecule has 0 radical (unpaired) electrons. The first-order valence-electron chi connectivity index (χ1n) is 17.5. The van der Waals surface area contributed by atoms with Crippen molar-refractivity contribution in [3.8, 4) is 0 Å². The lowest BCUT2D eigenvalue weighted by molar-refractivity contribution is -0.354. The number of hydrogen-bond acceptors (Lipinski definition) is 14. The molecule has 2 fully saturated rings. The molecule has 3 aromatic carbocycles. The average molecular weight is 754 g/mol. The van der Waals surface area contributed by atoms with Gasteiger partial charge in [-0.1, -0.05) is 91.0 Å². The van der Waals surface area contributed by atoms with Crippen molar-refractivity contribution in [1.82, 2.24) is 5.32 Å². The molecule has 54 heavy (non-hydrogen) atoms. The van der Waals surface area contributed by atoms with E-state index in [2.05, 4.69) is 5.32 Å². The molecule has 15 nitrogen and oxygen atoms in total. The first-order chi connectivity index (χ1) is 26.2. The highest BCUT2D eigenvalue weighted by Crippen LogP contribution is 2.34. The fraction of sp³-hybridized carbons (Fsp3) is 0.462. The van der Waals surface area contributed by atoms with Crippen molar-refractivity contribution in [2.75, 3.05) is 20.3 Å². The van der Waals surface area contributed by atoms with Crippen molar-refractivity contribution in [3.05, 3.63) is 108 Å². The Bertz CT molecular complexity index is 1600. The Hall–Kier alpha value is -4.45. The lowest BCUT2D eigenvalue weighted by atomic mass is 9.95. The number of nitrogens with one attached hydrogen (secondary N) is 1. The number of ether oxygens (including phenoxy) is 9. The average Bonchev–Trinajstić information content (AvgIpc) is 3.18. The van der Waals surface area contributed by atoms with Crippen LogP contribution >= 0.6 is 0 Å². The maximum Gasteiger partial charge on any atom is 0.407 e. The van der Waals surface area contributed by atoms with Crippen molar-refractivity contribution in [1.29, 1.82) is 0 Å². The third kappa shape index (κ3) is 11.3. The Kier molecular flexibility index (Phi) is 15.3. The molecule has 2 heterocycles. The fourth-order valence-electron chi connectivity index (χ4n) is 6.20. The standard InChI is InChI=1S/C39H47NO14/c1-24(42)47-23-30-33(54-38-36(51-25(2)43)35(32(44)29(19-41)52-38)49-21-27-15-9-5-10-16-27)34(48-20-26-13-7-4-8-14-26)31(37(46-3)53-30)40-39(45)50-22-28-17-11-6-12-18-28/h4-18,29-38,41,44H,19-23H2,1-3H3,(H,40,45)/t29-,30+,31+,32+,33+,34+,35-,36+,37-,38+/m0/s1. The molecule has 0 spiro atoms. The van der Waals surface area contributed by atoms with Gasteiger partial charge in [-0.05, 0) is 16.7 Å². The Labute approximate surface area is 313 Å². The van der Waals surface area contributed by atoms with E-state index in [1.165, 1.54) is 21.0 Å². The molecule has 0 aromatic heterocycles. The molecule has 0 unspecified atom stereocenters. The molecule has 3 aromatic rings. The van der Waals surface area contributed by atoms with E-state index in [1.807, 2.05) is 78.9 Å². The molecule has 292 valence electrons. The fourth-order valence-corrected chi connectivity index (χ4v) is 6.20. The first kappa shape index (κ1) is 40.7. The van der Waals surface area contributed by atoms with E-state index in [1.54, 1.807) is 12.1 Å². The third-order valence-corrected chi connectivity index (χ3v) is 8.79. The number of rotatable bonds is 16. The smallest absolute Gasteiger partial charge is 0.407 e. The van der Waals surface area contributed by atoms with E-state index in [-0.39, 0.29) is 26.4 Å². The van der Waals surface area contributed by atoms with Crippen molar-refractivity contribution >= 4 is 18.0 Å². The molecule has 0 saturated carbocycles. The number of esters is 2. The molecule has 2 aliphatic rings. The van der Waals surface area contributed by atoms with Crippen LogP contribution in [0.1, 0.15) is 30.5 Å². The van der Waals surface area contributed by atoms with Crippen LogP contribution < -0.4 is 5.32 Å². The van der Waals surface area contributed by atoms with Crippen LogP contribution in [0.2, 0.25) is 0 Å². The summed E-state index contributed by atoms with van der Waals surface area (Å²) in [6.07, 6.45) is -12.3. The Morgan fingerprint density at radius 2 is 1.20 bits per heavy atom. The van der Waals surface area contributed by atoms with E-state index >= 15 is 0 Å². The van der Waals surface area contributed by atoms with Gasteiger partial charge in [0.15, 0.2) is 18.7 Å². The minimum Gasteiger partial charge on any atom is -0.463 e. The van der Waals surface area contributed by atoms with Gasteiger partial charge < -0.3 is 58.2 Å². The van der Waals surface area contributed by atoms with Crippen LogP contribution in [0.3, 0.4) is 0 Å². The van der Waals surface area contributed by atoms with Crippen LogP contribution in [0.5, 0.6) is 0 Å². The van der Waals surface area contributed by atoms with Gasteiger partial charge in [0.05, 0.1) is 19.8 Å². The lowest BCUT2D eigenvalue weighted by Gasteiger charge is -2.49. The van der Waals surface area contributed by atoms with Gasteiger partial charge in [0.2, 0.25) is 0 Å². The number of benzene rings is 3. The Balaban J connectivity index is 1.49. The molecular weight excluding hydrogens is 706 g/mol. The maximum atomic E-state index is 13.3. The first-order valence-corrected chi connectivity index (χ1v) is 17.5. The van der Waals surface area contributed by atoms with Gasteiger partial charge >= 0.3 is 18.0 Å². The molecule has 0 aliphatic carbocycles. The zero-order valence-corrected chi connectivity index (χ0v) is 30.3. The summed E-state index contributed by atoms with van der Waals surface area (Å²) in [6, 6.07) is 26.3. The van der Waals surface area contributed by atoms with E-state index in [4.69, 9.17) is 42.6 Å². The van der Waals surface area contributed by atoms with Crippen LogP contribution in [-0.4, -0.2) is 110 Å². The topological polar surface area (TPSA) is 187 Å². The van der Waals surface area contributed by atoms with Crippen molar-refractivity contribution in [2.45, 2.75) is 95.0 Å². The predicted octanol–water partition coefficient (Wildman–Crippen LogP) is 2.78. The zero-order valence-electron chi connectivity index (χ0n) is 30.3. The maximum absolute atomic E-state index is 13.3. The minimum atomic E-state index is -1.50. The lowest BCUT2D eigenvalue weighted by Crippen LogP contribution is -2.68. The summed E-state index contributed by atoms with van der Waals surface area (Å²) in [5, 5.41) is 24.3. The van der Waals surface area contributed by atoms with Gasteiger partial charge in [-0.15, -0.1) is 0 Å². The summed E-state index contributed by atoms with van der Waals surface area (Å²) in [4.78, 5) is 37.9. The van der Waals surface area contributed by atoms with Gasteiger partial charge in [-0.25, -0.2) is 4.79 Å². The number of carbonyl (C=O) groups excluding carboxylic acids is 3. The van der Waals surface area contributed by atoms with E-state index < -0.39 is 86.0 Å². The third-order valence-electron chi connectivity index (χ3n) is 8.79. The highest BCUT2D eigenvalue weighted by molar-refractivity contribution is 5.68. The summed E-state index contributed by atoms with van der Waals surface area (Å²) < 4.78 is 53.8. The summed E-state index contributed by atoms with van der Waals surface area (Å²) >= 11 is 0. The molecular formula is C39H47NO14. The largest absolute Gasteiger partial charge is 0.463 e. The number of alkyl carbamates (subject to hydrolysis) is 1. The van der Waals surface area contributed by atoms with Gasteiger partial charge in [0.25, 0.3) is 0 Å². The van der Waals surface area contributed by atoms with Crippen LogP contribution in [-0.2, 0) is 72.0 Å². The second-order valence-electron chi connectivity index (χ2n) is 12.7. The second kappa shape index (κ2) is 20.3. The van der Waals surface area contributed by atoms with Gasteiger partial charge in [0, 0.05) is 21.0 Å². The van der Waals surface area contributed by atoms with Crippen molar-refractivity contribution < 1.29 is 67.2 Å². The minimum absolute atomic E-state index is 0.0161. The van der Waals surface area contributed by atoms with E-state index in [0.717, 1.165) is 16.7 Å². The number of aliphatic hydroxyl groups is 2. The number of amides is 1. The molecule has 0 bridgehead atoms. The Morgan fingerprint density at radius 3 is 1.72 bits per heavy atom. The van der Waals surface area contributed by atoms with Gasteiger partial charge in [0.1, 0.15) is 55.9 Å². The van der Waals surface area contributed by atoms with Crippen LogP contribution in [0.4, 0.5) is 4.79 Å². The normalized spacial score (nSPS) is 28.1. The van der Waals surface area contributed by atoms with Crippen LogP contribution in [0, 0.1) is 0 Å². The number of methoxy groups -OCH3 is 1. The highest BCUT2D eigenvalue weighted by Gasteiger charge is 2.54. The predicted molar refractivity (Wildman–Crippen MR) is 188 cm³/mol. The molecule has 1 amide bonds. The number of aliphatic hydroxyl groups excluding tert-OH is 2. The molecule has 5 rings (SSSR count). The van der Waals surface area contributed by atoms with Gasteiger partial charge in [-0.3, -0.25) is 9.59 Å². The number of hydrogen-bond donors (Lipinski definition) is 3. The summed E-state index contributed by atoms with van der Waals surface area (Å²) in [5.41, 5.74) is 2.31. The van der Waals surface area contributed by atoms with Crippen molar-refractivity contribution in [3.63, 3.8) is 0 Å². The molecule has 3 N–H and O–H groups in total. The molecule has 2 saturated heterocycles. The van der Waals surface area contributed by atoms with Gasteiger partial charge in [-0.2, -0.15) is 0 Å². The monoisotopic (exact) mass is 753 g/mol. The van der Waals surface area contributed by atoms with Crippen LogP contribution in [0.15, 0.2) is 91.0 Å². The zero-order chi connectivity index (χ0) is 38.5. The molecule has 15 heteroatoms. The quantitative estimate of drug-likeness (QED) is 0.143. The Morgan fingerprint density at radius 1 is 0.667 bits per heavy atom. The molecule has 10 atom stereocenters. The number of carbonyl (C=O) groups is 3. The summed E-state index contributed by atoms with van der Waals surface area (Å²) in [6.45, 7) is 1.43. The van der Waals surface area contributed by atoms with Crippen LogP contribution in [0.25, 0.3) is 0 Å². The SMILES string of the molecule is CO[C@H]1O[C@H](COC(C)=O)[C@@H](O[C@H]2O[C@@H](CO)[C@@H](O)[C@H](OCc3ccccc3)[C@H]2OC(C)=O)[C@H](OCc2ccccc2)[C@H]1NC(=O)OCc1ccccc1. The summed E-state index contributed by atoms with van der Waals surface area (Å²) in [5.74, 6) is -1.34. The van der Waals surface area contributed by atoms with E-state index in [0.29, 0.717) is 0 Å². The van der Waals surface area contributed by atoms with Crippen molar-refractivity contribution in [2.24, 2.45) is 0 Å². The second-order valence-corrected chi connectivity index (χ2v) is 12.7.